The zero-order valence-corrected chi connectivity index (χ0v) is 12.3. The highest BCUT2D eigenvalue weighted by Gasteiger charge is 2.33. The Bertz CT molecular complexity index is 655. The molecule has 0 amide bonds. The molecular weight excluding hydrogens is 292 g/mol. The fourth-order valence-corrected chi connectivity index (χ4v) is 4.14. The number of nitrogens with zero attached hydrogens (tertiary/aromatic N) is 1. The van der Waals surface area contributed by atoms with Crippen LogP contribution in [0.15, 0.2) is 29.2 Å². The van der Waals surface area contributed by atoms with E-state index >= 15 is 0 Å². The van der Waals surface area contributed by atoms with Crippen LogP contribution in [0.3, 0.4) is 0 Å². The standard InChI is InChI=1S/C14H18N2O4S/c17-14(18)10-7-8-16(9-10)12-3-1-2-4-13(12)21(19,20)15-11-5-6-11/h1-4,10-11,15H,5-9H2,(H,17,18). The van der Waals surface area contributed by atoms with Crippen molar-refractivity contribution in [3.05, 3.63) is 24.3 Å². The molecule has 6 nitrogen and oxygen atoms in total. The number of hydrogen-bond acceptors (Lipinski definition) is 4. The third-order valence-electron chi connectivity index (χ3n) is 3.93. The van der Waals surface area contributed by atoms with Gasteiger partial charge in [0.25, 0.3) is 0 Å². The van der Waals surface area contributed by atoms with Gasteiger partial charge in [0, 0.05) is 19.1 Å². The zero-order valence-electron chi connectivity index (χ0n) is 11.5. The van der Waals surface area contributed by atoms with Crippen LogP contribution in [0.1, 0.15) is 19.3 Å². The Morgan fingerprint density at radius 2 is 1.95 bits per heavy atom. The number of rotatable bonds is 5. The highest BCUT2D eigenvalue weighted by Crippen LogP contribution is 2.31. The van der Waals surface area contributed by atoms with Gasteiger partial charge in [0.05, 0.1) is 11.6 Å². The fourth-order valence-electron chi connectivity index (χ4n) is 2.61. The minimum Gasteiger partial charge on any atom is -0.481 e. The number of carboxylic acid groups (broad SMARTS) is 1. The van der Waals surface area contributed by atoms with Crippen molar-refractivity contribution in [3.8, 4) is 0 Å². The fraction of sp³-hybridized carbons (Fsp3) is 0.500. The molecule has 3 rings (SSSR count). The highest BCUT2D eigenvalue weighted by atomic mass is 32.2. The van der Waals surface area contributed by atoms with E-state index in [1.54, 1.807) is 24.3 Å². The van der Waals surface area contributed by atoms with Crippen molar-refractivity contribution in [1.82, 2.24) is 4.72 Å². The number of benzene rings is 1. The second-order valence-corrected chi connectivity index (χ2v) is 7.32. The number of anilines is 1. The van der Waals surface area contributed by atoms with E-state index < -0.39 is 21.9 Å². The number of nitrogens with one attached hydrogen (secondary N) is 1. The smallest absolute Gasteiger partial charge is 0.308 e. The van der Waals surface area contributed by atoms with Crippen molar-refractivity contribution < 1.29 is 18.3 Å². The van der Waals surface area contributed by atoms with E-state index in [1.165, 1.54) is 0 Å². The van der Waals surface area contributed by atoms with E-state index in [9.17, 15) is 13.2 Å². The highest BCUT2D eigenvalue weighted by molar-refractivity contribution is 7.89. The number of sulfonamides is 1. The minimum atomic E-state index is -3.54. The molecule has 2 N–H and O–H groups in total. The lowest BCUT2D eigenvalue weighted by Gasteiger charge is -2.21. The molecular formula is C14H18N2O4S. The molecule has 114 valence electrons. The van der Waals surface area contributed by atoms with Gasteiger partial charge in [0.2, 0.25) is 10.0 Å². The van der Waals surface area contributed by atoms with Crippen LogP contribution in [0.4, 0.5) is 5.69 Å². The summed E-state index contributed by atoms with van der Waals surface area (Å²) in [5.74, 6) is -1.26. The topological polar surface area (TPSA) is 86.7 Å². The molecule has 1 aliphatic heterocycles. The quantitative estimate of drug-likeness (QED) is 0.848. The van der Waals surface area contributed by atoms with Gasteiger partial charge in [-0.3, -0.25) is 4.79 Å². The van der Waals surface area contributed by atoms with E-state index in [-0.39, 0.29) is 10.9 Å². The maximum atomic E-state index is 12.4. The van der Waals surface area contributed by atoms with Gasteiger partial charge in [0.1, 0.15) is 4.90 Å². The largest absolute Gasteiger partial charge is 0.481 e. The van der Waals surface area contributed by atoms with Crippen LogP contribution in [0.5, 0.6) is 0 Å². The van der Waals surface area contributed by atoms with Crippen LogP contribution in [-0.4, -0.2) is 38.6 Å². The van der Waals surface area contributed by atoms with E-state index in [1.807, 2.05) is 4.90 Å². The van der Waals surface area contributed by atoms with Gasteiger partial charge in [-0.05, 0) is 31.4 Å². The Hall–Kier alpha value is -1.60. The minimum absolute atomic E-state index is 0.0494. The lowest BCUT2D eigenvalue weighted by molar-refractivity contribution is -0.140. The number of para-hydroxylation sites is 1. The molecule has 7 heteroatoms. The van der Waals surface area contributed by atoms with Gasteiger partial charge in [-0.15, -0.1) is 0 Å². The van der Waals surface area contributed by atoms with Crippen molar-refractivity contribution in [2.75, 3.05) is 18.0 Å². The molecule has 1 aliphatic carbocycles. The third-order valence-corrected chi connectivity index (χ3v) is 5.50. The summed E-state index contributed by atoms with van der Waals surface area (Å²) in [5, 5.41) is 9.08. The molecule has 0 aromatic heterocycles. The van der Waals surface area contributed by atoms with E-state index in [2.05, 4.69) is 4.72 Å². The zero-order chi connectivity index (χ0) is 15.0. The summed E-state index contributed by atoms with van der Waals surface area (Å²) in [4.78, 5) is 13.1. The predicted molar refractivity (Wildman–Crippen MR) is 77.7 cm³/mol. The van der Waals surface area contributed by atoms with Gasteiger partial charge in [-0.2, -0.15) is 0 Å². The summed E-state index contributed by atoms with van der Waals surface area (Å²) < 4.78 is 27.5. The molecule has 1 aromatic carbocycles. The Balaban J connectivity index is 1.88. The van der Waals surface area contributed by atoms with Crippen molar-refractivity contribution in [3.63, 3.8) is 0 Å². The molecule has 1 unspecified atom stereocenters. The van der Waals surface area contributed by atoms with Crippen molar-refractivity contribution >= 4 is 21.7 Å². The summed E-state index contributed by atoms with van der Waals surface area (Å²) in [7, 11) is -3.54. The van der Waals surface area contributed by atoms with E-state index in [0.29, 0.717) is 25.2 Å². The van der Waals surface area contributed by atoms with Crippen LogP contribution >= 0.6 is 0 Å². The first-order chi connectivity index (χ1) is 9.97. The van der Waals surface area contributed by atoms with Gasteiger partial charge >= 0.3 is 5.97 Å². The summed E-state index contributed by atoms with van der Waals surface area (Å²) >= 11 is 0. The van der Waals surface area contributed by atoms with Crippen LogP contribution in [0, 0.1) is 5.92 Å². The Morgan fingerprint density at radius 1 is 1.24 bits per heavy atom. The molecule has 2 fully saturated rings. The van der Waals surface area contributed by atoms with Crippen molar-refractivity contribution in [2.45, 2.75) is 30.2 Å². The molecule has 0 bridgehead atoms. The third kappa shape index (κ3) is 3.03. The van der Waals surface area contributed by atoms with E-state index in [4.69, 9.17) is 5.11 Å². The number of aliphatic carboxylic acids is 1. The van der Waals surface area contributed by atoms with Crippen molar-refractivity contribution in [2.24, 2.45) is 5.92 Å². The maximum Gasteiger partial charge on any atom is 0.308 e. The first-order valence-corrected chi connectivity index (χ1v) is 8.55. The molecule has 2 aliphatic rings. The lowest BCUT2D eigenvalue weighted by atomic mass is 10.1. The predicted octanol–water partition coefficient (Wildman–Crippen LogP) is 1.04. The second kappa shape index (κ2) is 5.31. The number of carbonyl (C=O) groups is 1. The van der Waals surface area contributed by atoms with Gasteiger partial charge in [-0.25, -0.2) is 13.1 Å². The maximum absolute atomic E-state index is 12.4. The van der Waals surface area contributed by atoms with Crippen LogP contribution < -0.4 is 9.62 Å². The molecule has 21 heavy (non-hydrogen) atoms. The SMILES string of the molecule is O=C(O)C1CCN(c2ccccc2S(=O)(=O)NC2CC2)C1. The average molecular weight is 310 g/mol. The second-order valence-electron chi connectivity index (χ2n) is 5.63. The average Bonchev–Trinajstić information content (AvgIpc) is 3.09. The van der Waals surface area contributed by atoms with E-state index in [0.717, 1.165) is 12.8 Å². The molecule has 1 atom stereocenters. The Kier molecular flexibility index (Phi) is 3.62. The van der Waals surface area contributed by atoms with Crippen molar-refractivity contribution in [1.29, 1.82) is 0 Å². The summed E-state index contributed by atoms with van der Waals surface area (Å²) in [6, 6.07) is 6.84. The van der Waals surface area contributed by atoms with Crippen LogP contribution in [0.2, 0.25) is 0 Å². The Morgan fingerprint density at radius 3 is 2.57 bits per heavy atom. The van der Waals surface area contributed by atoms with Gasteiger partial charge < -0.3 is 10.0 Å². The molecule has 0 radical (unpaired) electrons. The molecule has 0 spiro atoms. The normalized spacial score (nSPS) is 22.5. The Labute approximate surface area is 123 Å². The summed E-state index contributed by atoms with van der Waals surface area (Å²) in [5.41, 5.74) is 0.592. The molecule has 1 saturated carbocycles. The summed E-state index contributed by atoms with van der Waals surface area (Å²) in [6.07, 6.45) is 2.30. The number of hydrogen-bond donors (Lipinski definition) is 2. The summed E-state index contributed by atoms with van der Waals surface area (Å²) in [6.45, 7) is 0.915. The molecule has 1 heterocycles. The van der Waals surface area contributed by atoms with Gasteiger partial charge in [-0.1, -0.05) is 12.1 Å². The number of carboxylic acids is 1. The monoisotopic (exact) mass is 310 g/mol. The van der Waals surface area contributed by atoms with Crippen LogP contribution in [0.25, 0.3) is 0 Å². The molecule has 1 saturated heterocycles. The first kappa shape index (κ1) is 14.3. The molecule has 1 aromatic rings. The van der Waals surface area contributed by atoms with Crippen LogP contribution in [-0.2, 0) is 14.8 Å². The lowest BCUT2D eigenvalue weighted by Crippen LogP contribution is -2.29. The van der Waals surface area contributed by atoms with Gasteiger partial charge in [0.15, 0.2) is 0 Å². The first-order valence-electron chi connectivity index (χ1n) is 7.06.